The molecule has 0 aromatic carbocycles. The molecule has 0 bridgehead atoms. The van der Waals surface area contributed by atoms with Crippen LogP contribution < -0.4 is 0 Å². The second kappa shape index (κ2) is 5.26. The number of allylic oxidation sites excluding steroid dienone is 2. The van der Waals surface area contributed by atoms with Crippen LogP contribution >= 0.6 is 11.8 Å². The first-order chi connectivity index (χ1) is 10.8. The first-order valence-corrected chi connectivity index (χ1v) is 8.96. The van der Waals surface area contributed by atoms with Gasteiger partial charge in [-0.15, -0.1) is 11.8 Å². The van der Waals surface area contributed by atoms with Crippen molar-refractivity contribution in [3.63, 3.8) is 0 Å². The Morgan fingerprint density at radius 3 is 2.00 bits per heavy atom. The van der Waals surface area contributed by atoms with Crippen LogP contribution in [0, 0.1) is 38.9 Å². The van der Waals surface area contributed by atoms with Crippen molar-refractivity contribution in [2.24, 2.45) is 27.6 Å². The second-order valence-electron chi connectivity index (χ2n) is 8.39. The third kappa shape index (κ3) is 2.07. The van der Waals surface area contributed by atoms with Crippen molar-refractivity contribution >= 4 is 23.7 Å². The maximum absolute atomic E-state index is 12.3. The maximum Gasteiger partial charge on any atom is 0.312 e. The minimum Gasteiger partial charge on any atom is -0.481 e. The highest BCUT2D eigenvalue weighted by atomic mass is 32.2. The fraction of sp³-hybridized carbons (Fsp3) is 0.722. The van der Waals surface area contributed by atoms with E-state index in [0.29, 0.717) is 11.3 Å². The van der Waals surface area contributed by atoms with Crippen LogP contribution in [-0.2, 0) is 9.59 Å². The Balaban J connectivity index is 2.57. The molecule has 2 rings (SSSR count). The maximum atomic E-state index is 12.3. The molecule has 0 aromatic rings. The Bertz CT molecular complexity index is 673. The zero-order valence-corrected chi connectivity index (χ0v) is 15.8. The largest absolute Gasteiger partial charge is 0.481 e. The third-order valence-corrected chi connectivity index (χ3v) is 7.03. The topological polar surface area (TPSA) is 98.4 Å². The summed E-state index contributed by atoms with van der Waals surface area (Å²) >= 11 is 1.38. The number of nitrogens with zero attached hydrogens (tertiary/aromatic N) is 1. The van der Waals surface area contributed by atoms with Gasteiger partial charge in [0.2, 0.25) is 0 Å². The van der Waals surface area contributed by atoms with Crippen LogP contribution in [0.5, 0.6) is 0 Å². The average molecular weight is 351 g/mol. The van der Waals surface area contributed by atoms with E-state index in [9.17, 15) is 25.1 Å². The van der Waals surface area contributed by atoms with Crippen LogP contribution in [0.3, 0.4) is 0 Å². The molecule has 6 heteroatoms. The predicted octanol–water partition coefficient (Wildman–Crippen LogP) is 3.76. The van der Waals surface area contributed by atoms with E-state index in [0.717, 1.165) is 0 Å². The molecule has 0 aromatic heterocycles. The van der Waals surface area contributed by atoms with Gasteiger partial charge in [-0.2, -0.15) is 5.26 Å². The molecule has 0 spiro atoms. The zero-order valence-electron chi connectivity index (χ0n) is 15.0. The molecule has 0 amide bonds. The number of carboxylic acid groups (broad SMARTS) is 2. The summed E-state index contributed by atoms with van der Waals surface area (Å²) in [5.74, 6) is -2.59. The van der Waals surface area contributed by atoms with Gasteiger partial charge < -0.3 is 10.2 Å². The van der Waals surface area contributed by atoms with Crippen molar-refractivity contribution in [3.8, 4) is 6.07 Å². The summed E-state index contributed by atoms with van der Waals surface area (Å²) in [6.07, 6.45) is 2.03. The van der Waals surface area contributed by atoms with Gasteiger partial charge in [-0.3, -0.25) is 9.59 Å². The normalized spacial score (nSPS) is 36.1. The van der Waals surface area contributed by atoms with Crippen LogP contribution in [0.4, 0.5) is 0 Å². The van der Waals surface area contributed by atoms with Crippen molar-refractivity contribution in [1.29, 1.82) is 5.26 Å². The van der Waals surface area contributed by atoms with Gasteiger partial charge in [-0.05, 0) is 17.3 Å². The molecule has 2 N–H and O–H groups in total. The number of hydrogen-bond donors (Lipinski definition) is 2. The van der Waals surface area contributed by atoms with Gasteiger partial charge in [-0.1, -0.05) is 47.6 Å². The number of aliphatic carboxylic acids is 2. The van der Waals surface area contributed by atoms with Crippen molar-refractivity contribution in [2.45, 2.75) is 53.2 Å². The predicted molar refractivity (Wildman–Crippen MR) is 92.2 cm³/mol. The molecule has 0 aliphatic heterocycles. The Morgan fingerprint density at radius 1 is 1.21 bits per heavy atom. The van der Waals surface area contributed by atoms with E-state index in [2.05, 4.69) is 6.07 Å². The molecule has 132 valence electrons. The minimum absolute atomic E-state index is 0.197. The summed E-state index contributed by atoms with van der Waals surface area (Å²) in [4.78, 5) is 24.9. The molecule has 2 aliphatic carbocycles. The molecule has 3 atom stereocenters. The number of carbonyl (C=O) groups is 2. The molecule has 5 nitrogen and oxygen atoms in total. The number of thioether (sulfide) groups is 1. The van der Waals surface area contributed by atoms with Crippen molar-refractivity contribution in [2.75, 3.05) is 0 Å². The lowest BCUT2D eigenvalue weighted by Gasteiger charge is -2.27. The molecular formula is C18H25NO4S. The van der Waals surface area contributed by atoms with Gasteiger partial charge in [0.05, 0.1) is 15.7 Å². The van der Waals surface area contributed by atoms with E-state index in [-0.39, 0.29) is 5.25 Å². The highest BCUT2D eigenvalue weighted by molar-refractivity contribution is 8.03. The smallest absolute Gasteiger partial charge is 0.312 e. The van der Waals surface area contributed by atoms with Crippen LogP contribution in [0.2, 0.25) is 0 Å². The average Bonchev–Trinajstić information content (AvgIpc) is 3.16. The summed E-state index contributed by atoms with van der Waals surface area (Å²) < 4.78 is 0. The molecule has 0 heterocycles. The summed E-state index contributed by atoms with van der Waals surface area (Å²) in [7, 11) is 0. The van der Waals surface area contributed by atoms with E-state index in [4.69, 9.17) is 0 Å². The highest BCUT2D eigenvalue weighted by Gasteiger charge is 2.92. The lowest BCUT2D eigenvalue weighted by atomic mass is 9.74. The number of rotatable bonds is 6. The molecule has 2 fully saturated rings. The molecule has 0 saturated heterocycles. The first kappa shape index (κ1) is 18.9. The Kier molecular flexibility index (Phi) is 4.13. The third-order valence-electron chi connectivity index (χ3n) is 6.08. The monoisotopic (exact) mass is 351 g/mol. The summed E-state index contributed by atoms with van der Waals surface area (Å²) in [5.41, 5.74) is -3.96. The number of hydrogen-bond acceptors (Lipinski definition) is 4. The quantitative estimate of drug-likeness (QED) is 0.707. The second-order valence-corrected chi connectivity index (χ2v) is 10.0. The van der Waals surface area contributed by atoms with Crippen molar-refractivity contribution < 1.29 is 19.8 Å². The summed E-state index contributed by atoms with van der Waals surface area (Å²) in [5, 5.41) is 29.5. The van der Waals surface area contributed by atoms with E-state index in [1.165, 1.54) is 11.8 Å². The fourth-order valence-corrected chi connectivity index (χ4v) is 5.65. The van der Waals surface area contributed by atoms with Crippen LogP contribution in [-0.4, -0.2) is 27.4 Å². The molecule has 2 unspecified atom stereocenters. The van der Waals surface area contributed by atoms with Gasteiger partial charge in [0.15, 0.2) is 0 Å². The number of carboxylic acids is 2. The van der Waals surface area contributed by atoms with Crippen molar-refractivity contribution in [1.82, 2.24) is 0 Å². The number of nitriles is 1. The lowest BCUT2D eigenvalue weighted by Crippen LogP contribution is -2.41. The Hall–Kier alpha value is -1.48. The van der Waals surface area contributed by atoms with Crippen LogP contribution in [0.15, 0.2) is 11.0 Å². The van der Waals surface area contributed by atoms with Gasteiger partial charge in [0.1, 0.15) is 6.07 Å². The Labute approximate surface area is 147 Å². The van der Waals surface area contributed by atoms with Crippen LogP contribution in [0.25, 0.3) is 0 Å². The van der Waals surface area contributed by atoms with Gasteiger partial charge in [-0.25, -0.2) is 0 Å². The van der Waals surface area contributed by atoms with Crippen LogP contribution in [0.1, 0.15) is 48.0 Å². The molecule has 2 saturated carbocycles. The van der Waals surface area contributed by atoms with E-state index in [1.807, 2.05) is 27.7 Å². The van der Waals surface area contributed by atoms with Crippen molar-refractivity contribution in [3.05, 3.63) is 11.0 Å². The summed E-state index contributed by atoms with van der Waals surface area (Å²) in [6, 6.07) is 2.12. The zero-order chi connectivity index (χ0) is 18.7. The first-order valence-electron chi connectivity index (χ1n) is 8.08. The van der Waals surface area contributed by atoms with E-state index >= 15 is 0 Å². The molecule has 0 radical (unpaired) electrons. The lowest BCUT2D eigenvalue weighted by molar-refractivity contribution is -0.162. The Morgan fingerprint density at radius 2 is 1.71 bits per heavy atom. The summed E-state index contributed by atoms with van der Waals surface area (Å²) in [6.45, 7) is 11.2. The molecule has 2 aliphatic rings. The standard InChI is InChI=1S/C18H25NO4S/c1-10(2)24-11(8-19)7-12-16(5,6)18(12,14(22)23)17(13(20)21)9-15(17,3)4/h7,10,12H,9H2,1-6H3,(H,20,21)(H,22,23)/b11-7+/t12?,17?,18-/m0/s1. The van der Waals surface area contributed by atoms with E-state index < -0.39 is 39.5 Å². The SMILES string of the molecule is CC(C)S/C(C#N)=C/C1C(C)(C)[C@]1(C(=O)O)C1(C(=O)O)CC1(C)C. The minimum atomic E-state index is -1.38. The molecule has 24 heavy (non-hydrogen) atoms. The van der Waals surface area contributed by atoms with Gasteiger partial charge >= 0.3 is 11.9 Å². The van der Waals surface area contributed by atoms with E-state index in [1.54, 1.807) is 19.9 Å². The molecular weight excluding hydrogens is 326 g/mol. The van der Waals surface area contributed by atoms with Gasteiger partial charge in [0, 0.05) is 11.2 Å². The highest BCUT2D eigenvalue weighted by Crippen LogP contribution is 2.88. The van der Waals surface area contributed by atoms with Gasteiger partial charge in [0.25, 0.3) is 0 Å². The fourth-order valence-electron chi connectivity index (χ4n) is 4.88.